The van der Waals surface area contributed by atoms with Crippen molar-refractivity contribution in [3.63, 3.8) is 0 Å². The lowest BCUT2D eigenvalue weighted by Gasteiger charge is -2.07. The molecule has 5 nitrogen and oxygen atoms in total. The monoisotopic (exact) mass is 383 g/mol. The number of thioether (sulfide) groups is 1. The van der Waals surface area contributed by atoms with Gasteiger partial charge in [0.1, 0.15) is 5.75 Å². The van der Waals surface area contributed by atoms with Crippen LogP contribution in [-0.4, -0.2) is 17.7 Å². The molecule has 0 aliphatic carbocycles. The Kier molecular flexibility index (Phi) is 5.95. The fourth-order valence-electron chi connectivity index (χ4n) is 2.32. The Morgan fingerprint density at radius 3 is 2.81 bits per heavy atom. The molecule has 1 aliphatic heterocycles. The fourth-order valence-corrected chi connectivity index (χ4v) is 3.31. The Morgan fingerprint density at radius 2 is 2.08 bits per heavy atom. The van der Waals surface area contributed by atoms with Crippen LogP contribution in [0.2, 0.25) is 5.02 Å². The minimum Gasteiger partial charge on any atom is -0.493 e. The van der Waals surface area contributed by atoms with Gasteiger partial charge in [0.25, 0.3) is 5.91 Å². The first kappa shape index (κ1) is 18.1. The Bertz CT molecular complexity index is 917. The average Bonchev–Trinajstić information content (AvgIpc) is 2.96. The van der Waals surface area contributed by atoms with Crippen LogP contribution in [0.5, 0.6) is 5.75 Å². The van der Waals surface area contributed by atoms with Crippen LogP contribution in [0.4, 0.5) is 0 Å². The van der Waals surface area contributed by atoms with Crippen molar-refractivity contribution in [2.75, 3.05) is 6.61 Å². The van der Waals surface area contributed by atoms with E-state index in [1.807, 2.05) is 48.5 Å². The van der Waals surface area contributed by atoms with Crippen LogP contribution in [0.25, 0.3) is 6.08 Å². The molecule has 130 valence electrons. The first-order valence-corrected chi connectivity index (χ1v) is 8.98. The highest BCUT2D eigenvalue weighted by Gasteiger charge is 2.23. The summed E-state index contributed by atoms with van der Waals surface area (Å²) >= 11 is 7.11. The lowest BCUT2D eigenvalue weighted by Crippen LogP contribution is -2.19. The molecule has 0 atom stereocenters. The van der Waals surface area contributed by atoms with Gasteiger partial charge in [-0.1, -0.05) is 35.9 Å². The molecule has 0 aromatic heterocycles. The van der Waals surface area contributed by atoms with Crippen molar-refractivity contribution >= 4 is 40.5 Å². The Balaban J connectivity index is 1.57. The minimum atomic E-state index is -0.258. The zero-order chi connectivity index (χ0) is 18.4. The van der Waals surface area contributed by atoms with Crippen LogP contribution in [0, 0.1) is 11.5 Å². The van der Waals surface area contributed by atoms with Crippen molar-refractivity contribution in [1.82, 2.24) is 5.32 Å². The van der Waals surface area contributed by atoms with Gasteiger partial charge >= 0.3 is 0 Å². The van der Waals surface area contributed by atoms with E-state index >= 15 is 0 Å². The molecular weight excluding hydrogens is 370 g/mol. The van der Waals surface area contributed by atoms with E-state index in [9.17, 15) is 4.79 Å². The SMILES string of the molecule is N#CN=C1NC(=O)C(=Cc2ccc(OCCc3cccc(Cl)c3)cc2)S1. The number of carbonyl (C=O) groups is 1. The van der Waals surface area contributed by atoms with Crippen LogP contribution in [0.1, 0.15) is 11.1 Å². The molecule has 1 heterocycles. The number of benzene rings is 2. The summed E-state index contributed by atoms with van der Waals surface area (Å²) in [5.74, 6) is 0.496. The third-order valence-electron chi connectivity index (χ3n) is 3.53. The van der Waals surface area contributed by atoms with Gasteiger partial charge in [-0.3, -0.25) is 10.1 Å². The molecule has 1 amide bonds. The number of hydrogen-bond acceptors (Lipinski definition) is 5. The molecule has 26 heavy (non-hydrogen) atoms. The van der Waals surface area contributed by atoms with Crippen LogP contribution in [-0.2, 0) is 11.2 Å². The number of nitrogens with zero attached hydrogens (tertiary/aromatic N) is 2. The summed E-state index contributed by atoms with van der Waals surface area (Å²) in [5.41, 5.74) is 1.99. The van der Waals surface area contributed by atoms with Gasteiger partial charge in [0.05, 0.1) is 11.5 Å². The molecule has 1 saturated heterocycles. The Labute approximate surface area is 160 Å². The predicted molar refractivity (Wildman–Crippen MR) is 104 cm³/mol. The molecule has 0 bridgehead atoms. The highest BCUT2D eigenvalue weighted by atomic mass is 35.5. The fraction of sp³-hybridized carbons (Fsp3) is 0.105. The lowest BCUT2D eigenvalue weighted by atomic mass is 10.1. The van der Waals surface area contributed by atoms with Gasteiger partial charge in [-0.15, -0.1) is 4.99 Å². The molecule has 2 aromatic carbocycles. The van der Waals surface area contributed by atoms with Gasteiger partial charge in [-0.2, -0.15) is 5.26 Å². The lowest BCUT2D eigenvalue weighted by molar-refractivity contribution is -0.115. The summed E-state index contributed by atoms with van der Waals surface area (Å²) in [7, 11) is 0. The maximum atomic E-state index is 11.8. The molecular formula is C19H14ClN3O2S. The molecule has 7 heteroatoms. The number of carbonyl (C=O) groups excluding carboxylic acids is 1. The zero-order valence-electron chi connectivity index (χ0n) is 13.6. The second kappa shape index (κ2) is 8.56. The standard InChI is InChI=1S/C19H14ClN3O2S/c20-15-3-1-2-13(10-15)8-9-25-16-6-4-14(5-7-16)11-17-18(24)23-19(26-17)22-12-21/h1-7,10-11H,8-9H2,(H,22,23,24). The van der Waals surface area contributed by atoms with E-state index in [0.29, 0.717) is 16.7 Å². The second-order valence-electron chi connectivity index (χ2n) is 5.38. The normalized spacial score (nSPS) is 16.5. The predicted octanol–water partition coefficient (Wildman–Crippen LogP) is 4.00. The van der Waals surface area contributed by atoms with E-state index < -0.39 is 0 Å². The number of hydrogen-bond donors (Lipinski definition) is 1. The number of halogens is 1. The number of ether oxygens (including phenoxy) is 1. The maximum absolute atomic E-state index is 11.8. The van der Waals surface area contributed by atoms with Crippen molar-refractivity contribution in [1.29, 1.82) is 5.26 Å². The summed E-state index contributed by atoms with van der Waals surface area (Å²) in [6.07, 6.45) is 4.17. The molecule has 0 unspecified atom stereocenters. The van der Waals surface area contributed by atoms with Crippen LogP contribution in [0.15, 0.2) is 58.4 Å². The molecule has 3 rings (SSSR count). The van der Waals surface area contributed by atoms with E-state index in [1.54, 1.807) is 12.3 Å². The van der Waals surface area contributed by atoms with Crippen molar-refractivity contribution in [3.8, 4) is 11.9 Å². The topological polar surface area (TPSA) is 74.5 Å². The molecule has 2 aromatic rings. The van der Waals surface area contributed by atoms with Crippen LogP contribution >= 0.6 is 23.4 Å². The zero-order valence-corrected chi connectivity index (χ0v) is 15.2. The number of nitrogens with one attached hydrogen (secondary N) is 1. The summed E-state index contributed by atoms with van der Waals surface area (Å²) in [6.45, 7) is 0.549. The van der Waals surface area contributed by atoms with Gasteiger partial charge < -0.3 is 4.74 Å². The summed E-state index contributed by atoms with van der Waals surface area (Å²) in [4.78, 5) is 15.8. The van der Waals surface area contributed by atoms with E-state index in [0.717, 1.165) is 40.1 Å². The van der Waals surface area contributed by atoms with Gasteiger partial charge in [-0.05, 0) is 53.2 Å². The Hall–Kier alpha value is -2.75. The number of aliphatic imine (C=N–C) groups is 1. The number of rotatable bonds is 5. The molecule has 0 radical (unpaired) electrons. The molecule has 1 N–H and O–H groups in total. The van der Waals surface area contributed by atoms with Gasteiger partial charge in [0.15, 0.2) is 5.17 Å². The van der Waals surface area contributed by atoms with Crippen LogP contribution in [0.3, 0.4) is 0 Å². The quantitative estimate of drug-likeness (QED) is 0.625. The van der Waals surface area contributed by atoms with Crippen molar-refractivity contribution in [3.05, 3.63) is 69.6 Å². The second-order valence-corrected chi connectivity index (χ2v) is 6.85. The third kappa shape index (κ3) is 4.88. The highest BCUT2D eigenvalue weighted by molar-refractivity contribution is 8.18. The van der Waals surface area contributed by atoms with Gasteiger partial charge in [-0.25, -0.2) is 0 Å². The molecule has 1 fully saturated rings. The molecule has 1 aliphatic rings. The van der Waals surface area contributed by atoms with Gasteiger partial charge in [0.2, 0.25) is 6.19 Å². The average molecular weight is 384 g/mol. The smallest absolute Gasteiger partial charge is 0.264 e. The first-order valence-electron chi connectivity index (χ1n) is 7.79. The largest absolute Gasteiger partial charge is 0.493 e. The maximum Gasteiger partial charge on any atom is 0.264 e. The van der Waals surface area contributed by atoms with Crippen LogP contribution < -0.4 is 10.1 Å². The van der Waals surface area contributed by atoms with Crippen molar-refractivity contribution < 1.29 is 9.53 Å². The van der Waals surface area contributed by atoms with E-state index in [4.69, 9.17) is 21.6 Å². The number of amidine groups is 1. The highest BCUT2D eigenvalue weighted by Crippen LogP contribution is 2.26. The first-order chi connectivity index (χ1) is 12.6. The number of amides is 1. The van der Waals surface area contributed by atoms with Gasteiger partial charge in [0, 0.05) is 11.4 Å². The van der Waals surface area contributed by atoms with E-state index in [2.05, 4.69) is 10.3 Å². The third-order valence-corrected chi connectivity index (χ3v) is 4.67. The molecule has 0 saturated carbocycles. The molecule has 0 spiro atoms. The van der Waals surface area contributed by atoms with Crippen molar-refractivity contribution in [2.24, 2.45) is 4.99 Å². The Morgan fingerprint density at radius 1 is 1.27 bits per heavy atom. The summed E-state index contributed by atoms with van der Waals surface area (Å²) in [5, 5.41) is 12.1. The summed E-state index contributed by atoms with van der Waals surface area (Å²) in [6, 6.07) is 15.1. The number of nitriles is 1. The summed E-state index contributed by atoms with van der Waals surface area (Å²) < 4.78 is 5.74. The van der Waals surface area contributed by atoms with E-state index in [-0.39, 0.29) is 5.91 Å². The van der Waals surface area contributed by atoms with E-state index in [1.165, 1.54) is 0 Å². The minimum absolute atomic E-state index is 0.258. The van der Waals surface area contributed by atoms with Crippen molar-refractivity contribution in [2.45, 2.75) is 6.42 Å².